The van der Waals surface area contributed by atoms with E-state index < -0.39 is 23.8 Å². The molecule has 1 atom stereocenters. The van der Waals surface area contributed by atoms with Gasteiger partial charge in [0, 0.05) is 30.1 Å². The van der Waals surface area contributed by atoms with Crippen LogP contribution in [0.2, 0.25) is 0 Å². The number of aliphatic hydroxyl groups excluding tert-OH is 1. The molecule has 1 aliphatic heterocycles. The highest BCUT2D eigenvalue weighted by Gasteiger charge is 2.33. The zero-order chi connectivity index (χ0) is 22.9. The predicted octanol–water partition coefficient (Wildman–Crippen LogP) is 3.49. The standard InChI is InChI=1S/C22H21F3N4O3/c23-22(24,25)16-3-1-13(2-4-16)19(30)21(32)29-9-7-14(8-10-29)20(31)27-17-5-6-18-15(11-17)12-26-28-18/h1-6,11-12,14,19,30H,7-10H2,(H,26,28)(H,27,31). The van der Waals surface area contributed by atoms with E-state index in [0.717, 1.165) is 35.2 Å². The fourth-order valence-corrected chi connectivity index (χ4v) is 3.80. The lowest BCUT2D eigenvalue weighted by atomic mass is 9.95. The van der Waals surface area contributed by atoms with Crippen LogP contribution < -0.4 is 5.32 Å². The van der Waals surface area contributed by atoms with Crippen molar-refractivity contribution < 1.29 is 27.9 Å². The van der Waals surface area contributed by atoms with E-state index >= 15 is 0 Å². The number of aliphatic hydroxyl groups is 1. The number of fused-ring (bicyclic) bond motifs is 1. The van der Waals surface area contributed by atoms with Gasteiger partial charge in [0.15, 0.2) is 6.10 Å². The molecule has 2 heterocycles. The van der Waals surface area contributed by atoms with Gasteiger partial charge in [-0.3, -0.25) is 14.7 Å². The minimum Gasteiger partial charge on any atom is -0.378 e. The summed E-state index contributed by atoms with van der Waals surface area (Å²) >= 11 is 0. The number of benzene rings is 2. The molecule has 0 bridgehead atoms. The van der Waals surface area contributed by atoms with E-state index in [-0.39, 0.29) is 30.5 Å². The normalized spacial score (nSPS) is 16.2. The lowest BCUT2D eigenvalue weighted by Crippen LogP contribution is -2.43. The van der Waals surface area contributed by atoms with Crippen LogP contribution in [0, 0.1) is 5.92 Å². The third-order valence-electron chi connectivity index (χ3n) is 5.67. The van der Waals surface area contributed by atoms with Gasteiger partial charge in [0.25, 0.3) is 5.91 Å². The van der Waals surface area contributed by atoms with Crippen LogP contribution in [0.25, 0.3) is 10.9 Å². The minimum atomic E-state index is -4.49. The second kappa shape index (κ2) is 8.62. The summed E-state index contributed by atoms with van der Waals surface area (Å²) in [6.07, 6.45) is -3.53. The van der Waals surface area contributed by atoms with Crippen molar-refractivity contribution in [1.29, 1.82) is 0 Å². The molecule has 10 heteroatoms. The average Bonchev–Trinajstić information content (AvgIpc) is 3.25. The zero-order valence-corrected chi connectivity index (χ0v) is 16.9. The van der Waals surface area contributed by atoms with E-state index in [2.05, 4.69) is 15.5 Å². The quantitative estimate of drug-likeness (QED) is 0.571. The van der Waals surface area contributed by atoms with Crippen LogP contribution >= 0.6 is 0 Å². The van der Waals surface area contributed by atoms with Gasteiger partial charge in [0.2, 0.25) is 5.91 Å². The fourth-order valence-electron chi connectivity index (χ4n) is 3.80. The molecule has 0 aliphatic carbocycles. The third kappa shape index (κ3) is 4.59. The number of carbonyl (C=O) groups is 2. The molecule has 4 rings (SSSR count). The Bertz CT molecular complexity index is 1120. The Balaban J connectivity index is 1.32. The van der Waals surface area contributed by atoms with Crippen molar-refractivity contribution in [2.45, 2.75) is 25.1 Å². The van der Waals surface area contributed by atoms with Gasteiger partial charge in [0.1, 0.15) is 0 Å². The number of likely N-dealkylation sites (tertiary alicyclic amines) is 1. The first-order chi connectivity index (χ1) is 15.2. The zero-order valence-electron chi connectivity index (χ0n) is 16.9. The molecule has 7 nitrogen and oxygen atoms in total. The molecule has 0 radical (unpaired) electrons. The highest BCUT2D eigenvalue weighted by atomic mass is 19.4. The van der Waals surface area contributed by atoms with Gasteiger partial charge in [0.05, 0.1) is 17.3 Å². The van der Waals surface area contributed by atoms with Gasteiger partial charge in [-0.2, -0.15) is 18.3 Å². The largest absolute Gasteiger partial charge is 0.416 e. The molecule has 2 amide bonds. The lowest BCUT2D eigenvalue weighted by molar-refractivity contribution is -0.143. The predicted molar refractivity (Wildman–Crippen MR) is 110 cm³/mol. The monoisotopic (exact) mass is 446 g/mol. The van der Waals surface area contributed by atoms with Gasteiger partial charge >= 0.3 is 6.18 Å². The van der Waals surface area contributed by atoms with Gasteiger partial charge in [-0.15, -0.1) is 0 Å². The first kappa shape index (κ1) is 21.8. The first-order valence-electron chi connectivity index (χ1n) is 10.1. The van der Waals surface area contributed by atoms with Crippen molar-refractivity contribution >= 4 is 28.4 Å². The summed E-state index contributed by atoms with van der Waals surface area (Å²) in [5.74, 6) is -1.03. The highest BCUT2D eigenvalue weighted by Crippen LogP contribution is 2.30. The second-order valence-corrected chi connectivity index (χ2v) is 7.78. The summed E-state index contributed by atoms with van der Waals surface area (Å²) in [6, 6.07) is 9.28. The van der Waals surface area contributed by atoms with Crippen LogP contribution in [0.5, 0.6) is 0 Å². The molecule has 0 saturated carbocycles. The van der Waals surface area contributed by atoms with E-state index in [9.17, 15) is 27.9 Å². The lowest BCUT2D eigenvalue weighted by Gasteiger charge is -2.32. The molecular weight excluding hydrogens is 425 g/mol. The van der Waals surface area contributed by atoms with E-state index in [0.29, 0.717) is 18.5 Å². The Morgan fingerprint density at radius 3 is 2.47 bits per heavy atom. The summed E-state index contributed by atoms with van der Waals surface area (Å²) in [5, 5.41) is 20.8. The maximum absolute atomic E-state index is 12.7. The van der Waals surface area contributed by atoms with Gasteiger partial charge in [-0.05, 0) is 48.7 Å². The number of amides is 2. The number of carbonyl (C=O) groups excluding carboxylic acids is 2. The summed E-state index contributed by atoms with van der Waals surface area (Å²) in [7, 11) is 0. The Morgan fingerprint density at radius 1 is 1.12 bits per heavy atom. The van der Waals surface area contributed by atoms with Crippen LogP contribution in [0.1, 0.15) is 30.1 Å². The molecule has 168 valence electrons. The van der Waals surface area contributed by atoms with Crippen LogP contribution in [-0.4, -0.2) is 45.1 Å². The number of alkyl halides is 3. The van der Waals surface area contributed by atoms with Gasteiger partial charge in [-0.25, -0.2) is 0 Å². The molecular formula is C22H21F3N4O3. The number of anilines is 1. The van der Waals surface area contributed by atoms with Crippen LogP contribution in [0.4, 0.5) is 18.9 Å². The molecule has 1 saturated heterocycles. The maximum atomic E-state index is 12.7. The number of hydrogen-bond donors (Lipinski definition) is 3. The summed E-state index contributed by atoms with van der Waals surface area (Å²) < 4.78 is 38.1. The van der Waals surface area contributed by atoms with Crippen LogP contribution in [-0.2, 0) is 15.8 Å². The second-order valence-electron chi connectivity index (χ2n) is 7.78. The Labute approximate surface area is 181 Å². The number of nitrogens with zero attached hydrogens (tertiary/aromatic N) is 2. The van der Waals surface area contributed by atoms with Crippen molar-refractivity contribution in [2.24, 2.45) is 5.92 Å². The average molecular weight is 446 g/mol. The van der Waals surface area contributed by atoms with Gasteiger partial charge in [-0.1, -0.05) is 12.1 Å². The van der Waals surface area contributed by atoms with E-state index in [1.807, 2.05) is 12.1 Å². The van der Waals surface area contributed by atoms with Crippen molar-refractivity contribution in [3.63, 3.8) is 0 Å². The molecule has 1 aliphatic rings. The topological polar surface area (TPSA) is 98.3 Å². The van der Waals surface area contributed by atoms with Crippen molar-refractivity contribution in [1.82, 2.24) is 15.1 Å². The highest BCUT2D eigenvalue weighted by molar-refractivity contribution is 5.95. The number of H-pyrrole nitrogens is 1. The maximum Gasteiger partial charge on any atom is 0.416 e. The molecule has 1 fully saturated rings. The fraction of sp³-hybridized carbons (Fsp3) is 0.318. The summed E-state index contributed by atoms with van der Waals surface area (Å²) in [6.45, 7) is 0.546. The summed E-state index contributed by atoms with van der Waals surface area (Å²) in [5.41, 5.74) is 0.763. The third-order valence-corrected chi connectivity index (χ3v) is 5.67. The van der Waals surface area contributed by atoms with E-state index in [1.165, 1.54) is 4.90 Å². The molecule has 1 unspecified atom stereocenters. The number of aromatic nitrogens is 2. The Kier molecular flexibility index (Phi) is 5.88. The molecule has 3 aromatic rings. The molecule has 32 heavy (non-hydrogen) atoms. The number of aromatic amines is 1. The number of halogens is 3. The SMILES string of the molecule is O=C(Nc1ccc2[nH]ncc2c1)C1CCN(C(=O)C(O)c2ccc(C(F)(F)F)cc2)CC1. The van der Waals surface area contributed by atoms with Gasteiger partial charge < -0.3 is 15.3 Å². The van der Waals surface area contributed by atoms with Crippen LogP contribution in [0.15, 0.2) is 48.7 Å². The number of hydrogen-bond acceptors (Lipinski definition) is 4. The van der Waals surface area contributed by atoms with Crippen molar-refractivity contribution in [3.8, 4) is 0 Å². The number of nitrogens with one attached hydrogen (secondary N) is 2. The molecule has 0 spiro atoms. The molecule has 2 aromatic carbocycles. The molecule has 3 N–H and O–H groups in total. The smallest absolute Gasteiger partial charge is 0.378 e. The Morgan fingerprint density at radius 2 is 1.81 bits per heavy atom. The first-order valence-corrected chi connectivity index (χ1v) is 10.1. The summed E-state index contributed by atoms with van der Waals surface area (Å²) in [4.78, 5) is 26.6. The number of piperidine rings is 1. The van der Waals surface area contributed by atoms with Crippen LogP contribution in [0.3, 0.4) is 0 Å². The minimum absolute atomic E-state index is 0.0949. The Hall–Kier alpha value is -3.40. The van der Waals surface area contributed by atoms with E-state index in [1.54, 1.807) is 12.3 Å². The van der Waals surface area contributed by atoms with Crippen molar-refractivity contribution in [3.05, 3.63) is 59.8 Å². The number of rotatable bonds is 4. The van der Waals surface area contributed by atoms with E-state index in [4.69, 9.17) is 0 Å². The molecule has 1 aromatic heterocycles. The van der Waals surface area contributed by atoms with Crippen molar-refractivity contribution in [2.75, 3.05) is 18.4 Å².